The second-order valence-corrected chi connectivity index (χ2v) is 5.65. The lowest BCUT2D eigenvalue weighted by atomic mass is 10.0. The summed E-state index contributed by atoms with van der Waals surface area (Å²) >= 11 is 1.45. The molecule has 1 unspecified atom stereocenters. The number of ether oxygens (including phenoxy) is 1. The Kier molecular flexibility index (Phi) is 3.14. The van der Waals surface area contributed by atoms with Crippen LogP contribution in [0.5, 0.6) is 11.5 Å². The highest BCUT2D eigenvalue weighted by molar-refractivity contribution is 7.99. The van der Waals surface area contributed by atoms with Crippen LogP contribution in [0.3, 0.4) is 0 Å². The lowest BCUT2D eigenvalue weighted by Gasteiger charge is -2.20. The van der Waals surface area contributed by atoms with E-state index >= 15 is 0 Å². The molecule has 0 aromatic heterocycles. The molecule has 102 valence electrons. The predicted molar refractivity (Wildman–Crippen MR) is 73.1 cm³/mol. The molecule has 1 aliphatic rings. The fourth-order valence-corrected chi connectivity index (χ4v) is 2.96. The maximum atomic E-state index is 13.2. The van der Waals surface area contributed by atoms with Crippen molar-refractivity contribution < 1.29 is 19.0 Å². The van der Waals surface area contributed by atoms with E-state index < -0.39 is 11.9 Å². The van der Waals surface area contributed by atoms with Crippen molar-refractivity contribution in [2.75, 3.05) is 0 Å². The Bertz CT molecular complexity index is 700. The van der Waals surface area contributed by atoms with Crippen molar-refractivity contribution in [2.24, 2.45) is 0 Å². The fourth-order valence-electron chi connectivity index (χ4n) is 1.98. The Morgan fingerprint density at radius 3 is 2.75 bits per heavy atom. The average Bonchev–Trinajstić information content (AvgIpc) is 2.43. The number of carbonyl (C=O) groups is 1. The third-order valence-corrected chi connectivity index (χ3v) is 4.28. The second kappa shape index (κ2) is 4.83. The molecule has 2 aromatic rings. The Morgan fingerprint density at radius 2 is 2.00 bits per heavy atom. The predicted octanol–water partition coefficient (Wildman–Crippen LogP) is 4.27. The number of carboxylic acid groups (broad SMARTS) is 1. The van der Waals surface area contributed by atoms with E-state index in [1.54, 1.807) is 25.1 Å². The van der Waals surface area contributed by atoms with Gasteiger partial charge in [0, 0.05) is 6.07 Å². The molecule has 1 N–H and O–H groups in total. The summed E-state index contributed by atoms with van der Waals surface area (Å²) in [6.07, 6.45) is 0. The molecule has 0 aliphatic carbocycles. The van der Waals surface area contributed by atoms with Gasteiger partial charge in [-0.1, -0.05) is 17.8 Å². The SMILES string of the molecule is CC(C(=O)O)c1ccc2c(c1)Sc1ccc(F)cc1O2. The van der Waals surface area contributed by atoms with Crippen LogP contribution in [0.4, 0.5) is 4.39 Å². The molecule has 1 heterocycles. The molecule has 1 aliphatic heterocycles. The molecule has 20 heavy (non-hydrogen) atoms. The first-order valence-corrected chi connectivity index (χ1v) is 6.88. The summed E-state index contributed by atoms with van der Waals surface area (Å²) in [4.78, 5) is 12.7. The Balaban J connectivity index is 1.98. The highest BCUT2D eigenvalue weighted by Crippen LogP contribution is 2.47. The zero-order valence-electron chi connectivity index (χ0n) is 10.6. The number of hydrogen-bond acceptors (Lipinski definition) is 3. The third-order valence-electron chi connectivity index (χ3n) is 3.18. The topological polar surface area (TPSA) is 46.5 Å². The van der Waals surface area contributed by atoms with E-state index in [1.807, 2.05) is 6.07 Å². The zero-order valence-corrected chi connectivity index (χ0v) is 11.4. The van der Waals surface area contributed by atoms with Crippen molar-refractivity contribution in [3.8, 4) is 11.5 Å². The summed E-state index contributed by atoms with van der Waals surface area (Å²) in [6.45, 7) is 1.64. The monoisotopic (exact) mass is 290 g/mol. The molecule has 3 nitrogen and oxygen atoms in total. The van der Waals surface area contributed by atoms with E-state index in [4.69, 9.17) is 9.84 Å². The van der Waals surface area contributed by atoms with Crippen LogP contribution >= 0.6 is 11.8 Å². The van der Waals surface area contributed by atoms with E-state index in [-0.39, 0.29) is 5.82 Å². The van der Waals surface area contributed by atoms with E-state index in [0.29, 0.717) is 11.5 Å². The molecular weight excluding hydrogens is 279 g/mol. The van der Waals surface area contributed by atoms with Crippen molar-refractivity contribution in [2.45, 2.75) is 22.6 Å². The lowest BCUT2D eigenvalue weighted by Crippen LogP contribution is -2.07. The van der Waals surface area contributed by atoms with E-state index in [9.17, 15) is 9.18 Å². The van der Waals surface area contributed by atoms with Gasteiger partial charge in [-0.05, 0) is 36.8 Å². The van der Waals surface area contributed by atoms with E-state index in [0.717, 1.165) is 15.4 Å². The number of benzene rings is 2. The molecule has 1 atom stereocenters. The van der Waals surface area contributed by atoms with Gasteiger partial charge >= 0.3 is 5.97 Å². The number of hydrogen-bond donors (Lipinski definition) is 1. The summed E-state index contributed by atoms with van der Waals surface area (Å²) in [5.41, 5.74) is 0.720. The molecule has 0 spiro atoms. The number of fused-ring (bicyclic) bond motifs is 2. The number of rotatable bonds is 2. The van der Waals surface area contributed by atoms with Crippen molar-refractivity contribution in [3.63, 3.8) is 0 Å². The average molecular weight is 290 g/mol. The normalized spacial score (nSPS) is 13.9. The van der Waals surface area contributed by atoms with Crippen LogP contribution < -0.4 is 4.74 Å². The van der Waals surface area contributed by atoms with Crippen molar-refractivity contribution in [1.29, 1.82) is 0 Å². The largest absolute Gasteiger partial charge is 0.481 e. The third kappa shape index (κ3) is 2.25. The van der Waals surface area contributed by atoms with E-state index in [1.165, 1.54) is 23.9 Å². The summed E-state index contributed by atoms with van der Waals surface area (Å²) in [5.74, 6) is -0.676. The van der Waals surface area contributed by atoms with Crippen LogP contribution in [-0.4, -0.2) is 11.1 Å². The van der Waals surface area contributed by atoms with Gasteiger partial charge in [0.25, 0.3) is 0 Å². The quantitative estimate of drug-likeness (QED) is 0.765. The van der Waals surface area contributed by atoms with Crippen LogP contribution in [0.25, 0.3) is 0 Å². The highest BCUT2D eigenvalue weighted by atomic mass is 32.2. The Labute approximate surface area is 119 Å². The number of aliphatic carboxylic acids is 1. The van der Waals surface area contributed by atoms with Gasteiger partial charge in [0.15, 0.2) is 0 Å². The van der Waals surface area contributed by atoms with Gasteiger partial charge in [0.1, 0.15) is 17.3 Å². The second-order valence-electron chi connectivity index (χ2n) is 4.56. The van der Waals surface area contributed by atoms with Gasteiger partial charge in [0.2, 0.25) is 0 Å². The Morgan fingerprint density at radius 1 is 1.20 bits per heavy atom. The van der Waals surface area contributed by atoms with Gasteiger partial charge in [-0.15, -0.1) is 0 Å². The zero-order chi connectivity index (χ0) is 14.3. The minimum absolute atomic E-state index is 0.344. The van der Waals surface area contributed by atoms with Crippen molar-refractivity contribution >= 4 is 17.7 Å². The number of halogens is 1. The molecule has 2 aromatic carbocycles. The summed E-state index contributed by atoms with van der Waals surface area (Å²) in [5, 5.41) is 9.05. The molecule has 0 saturated heterocycles. The first-order chi connectivity index (χ1) is 9.54. The number of carboxylic acids is 1. The lowest BCUT2D eigenvalue weighted by molar-refractivity contribution is -0.138. The molecular formula is C15H11FO3S. The fraction of sp³-hybridized carbons (Fsp3) is 0.133. The van der Waals surface area contributed by atoms with Gasteiger partial charge in [0.05, 0.1) is 15.7 Å². The summed E-state index contributed by atoms with van der Waals surface area (Å²) in [6, 6.07) is 9.65. The minimum Gasteiger partial charge on any atom is -0.481 e. The van der Waals surface area contributed by atoms with Gasteiger partial charge in [-0.3, -0.25) is 4.79 Å². The van der Waals surface area contributed by atoms with Gasteiger partial charge in [-0.25, -0.2) is 4.39 Å². The van der Waals surface area contributed by atoms with Crippen molar-refractivity contribution in [3.05, 3.63) is 47.8 Å². The summed E-state index contributed by atoms with van der Waals surface area (Å²) in [7, 11) is 0. The van der Waals surface area contributed by atoms with Crippen LogP contribution in [0.1, 0.15) is 18.4 Å². The van der Waals surface area contributed by atoms with E-state index in [2.05, 4.69) is 0 Å². The molecule has 0 saturated carbocycles. The molecule has 0 bridgehead atoms. The molecule has 0 radical (unpaired) electrons. The molecule has 3 rings (SSSR count). The first kappa shape index (κ1) is 13.0. The maximum absolute atomic E-state index is 13.2. The van der Waals surface area contributed by atoms with Crippen LogP contribution in [0, 0.1) is 5.82 Å². The maximum Gasteiger partial charge on any atom is 0.310 e. The Hall–Kier alpha value is -2.01. The summed E-state index contributed by atoms with van der Waals surface area (Å²) < 4.78 is 18.8. The van der Waals surface area contributed by atoms with Crippen LogP contribution in [-0.2, 0) is 4.79 Å². The standard InChI is InChI=1S/C15H11FO3S/c1-8(15(17)18)9-2-4-11-14(6-9)20-13-5-3-10(16)7-12(13)19-11/h2-8H,1H3,(H,17,18). The highest BCUT2D eigenvalue weighted by Gasteiger charge is 2.21. The van der Waals surface area contributed by atoms with Crippen LogP contribution in [0.2, 0.25) is 0 Å². The molecule has 0 fully saturated rings. The molecule has 5 heteroatoms. The smallest absolute Gasteiger partial charge is 0.310 e. The van der Waals surface area contributed by atoms with Crippen LogP contribution in [0.15, 0.2) is 46.2 Å². The first-order valence-electron chi connectivity index (χ1n) is 6.06. The molecule has 0 amide bonds. The minimum atomic E-state index is -0.867. The van der Waals surface area contributed by atoms with Gasteiger partial charge < -0.3 is 9.84 Å². The van der Waals surface area contributed by atoms with Crippen molar-refractivity contribution in [1.82, 2.24) is 0 Å². The van der Waals surface area contributed by atoms with Gasteiger partial charge in [-0.2, -0.15) is 0 Å².